The first-order valence-electron chi connectivity index (χ1n) is 18.5. The summed E-state index contributed by atoms with van der Waals surface area (Å²) in [4.78, 5) is 15.2. The van der Waals surface area contributed by atoms with Crippen LogP contribution in [0.15, 0.2) is 69.4 Å². The highest BCUT2D eigenvalue weighted by atomic mass is 32.2. The van der Waals surface area contributed by atoms with Crippen LogP contribution in [-0.4, -0.2) is 48.8 Å². The van der Waals surface area contributed by atoms with Crippen molar-refractivity contribution >= 4 is 24.1 Å². The standard InChI is InChI=1S/C42H57N3O2S/c1-5-11-35(23-24-43-4)36-21-19-34(20-22-36)32(3)29-33-13-9-16-37-30-38(12-6-2)42(46)45(40(37)17-10-14-33)31-39-15-7-8-18-41(39)48-44-25-27-47-28-26-44/h15-21,30,33,35-36,43H,3,5,7-11,13-14,22-29,31H2,1-2,4H3/b37-16-,40-17-. The highest BCUT2D eigenvalue weighted by Gasteiger charge is 2.22. The maximum absolute atomic E-state index is 13.9. The Hall–Kier alpha value is -2.82. The fourth-order valence-electron chi connectivity index (χ4n) is 7.63. The molecule has 0 saturated carbocycles. The van der Waals surface area contributed by atoms with Crippen molar-refractivity contribution in [3.8, 4) is 11.8 Å². The molecule has 1 N–H and O–H groups in total. The first-order valence-corrected chi connectivity index (χ1v) is 19.3. The van der Waals surface area contributed by atoms with Crippen molar-refractivity contribution in [3.63, 3.8) is 0 Å². The van der Waals surface area contributed by atoms with Gasteiger partial charge >= 0.3 is 0 Å². The summed E-state index contributed by atoms with van der Waals surface area (Å²) in [5.41, 5.74) is 4.45. The van der Waals surface area contributed by atoms with Gasteiger partial charge in [0.1, 0.15) is 0 Å². The van der Waals surface area contributed by atoms with Gasteiger partial charge in [0.2, 0.25) is 0 Å². The lowest BCUT2D eigenvalue weighted by Crippen LogP contribution is -2.45. The van der Waals surface area contributed by atoms with Crippen LogP contribution in [0.3, 0.4) is 0 Å². The number of morpholine rings is 1. The molecule has 0 radical (unpaired) electrons. The van der Waals surface area contributed by atoms with Crippen LogP contribution >= 0.6 is 11.9 Å². The Morgan fingerprint density at radius 3 is 2.60 bits per heavy atom. The number of allylic oxidation sites excluding steroid dienone is 8. The molecule has 1 aromatic heterocycles. The van der Waals surface area contributed by atoms with E-state index >= 15 is 0 Å². The fourth-order valence-corrected chi connectivity index (χ4v) is 8.70. The Kier molecular flexibility index (Phi) is 14.3. The van der Waals surface area contributed by atoms with Crippen LogP contribution in [0.25, 0.3) is 12.2 Å². The summed E-state index contributed by atoms with van der Waals surface area (Å²) >= 11 is 1.83. The second-order valence-corrected chi connectivity index (χ2v) is 14.9. The van der Waals surface area contributed by atoms with Crippen LogP contribution in [0, 0.1) is 29.6 Å². The van der Waals surface area contributed by atoms with Gasteiger partial charge in [-0.3, -0.25) is 4.79 Å². The molecular formula is C42H57N3O2S. The minimum absolute atomic E-state index is 0.0144. The first-order chi connectivity index (χ1) is 23.5. The first kappa shape index (κ1) is 36.5. The Labute approximate surface area is 293 Å². The lowest BCUT2D eigenvalue weighted by molar-refractivity contribution is 0.0775. The van der Waals surface area contributed by atoms with E-state index in [-0.39, 0.29) is 5.56 Å². The van der Waals surface area contributed by atoms with Gasteiger partial charge in [0.05, 0.1) is 25.3 Å². The molecule has 1 saturated heterocycles. The molecule has 5 rings (SSSR count). The maximum atomic E-state index is 13.9. The molecule has 258 valence electrons. The average Bonchev–Trinajstić information content (AvgIpc) is 3.20. The van der Waals surface area contributed by atoms with Crippen molar-refractivity contribution in [3.05, 3.63) is 91.1 Å². The molecule has 1 aromatic rings. The third kappa shape index (κ3) is 9.88. The molecule has 5 nitrogen and oxygen atoms in total. The Balaban J connectivity index is 1.31. The molecule has 0 aromatic carbocycles. The van der Waals surface area contributed by atoms with Gasteiger partial charge in [-0.25, -0.2) is 4.31 Å². The highest BCUT2D eigenvalue weighted by Crippen LogP contribution is 2.34. The average molecular weight is 668 g/mol. The summed E-state index contributed by atoms with van der Waals surface area (Å²) < 4.78 is 9.98. The number of fused-ring (bicyclic) bond motifs is 1. The Bertz CT molecular complexity index is 1640. The van der Waals surface area contributed by atoms with Gasteiger partial charge in [-0.05, 0) is 136 Å². The Morgan fingerprint density at radius 2 is 1.88 bits per heavy atom. The number of pyridine rings is 1. The minimum atomic E-state index is 0.0144. The largest absolute Gasteiger partial charge is 0.379 e. The molecule has 1 aliphatic heterocycles. The van der Waals surface area contributed by atoms with E-state index in [0.29, 0.717) is 23.9 Å². The van der Waals surface area contributed by atoms with E-state index in [9.17, 15) is 4.79 Å². The molecule has 3 unspecified atom stereocenters. The van der Waals surface area contributed by atoms with Crippen molar-refractivity contribution in [2.75, 3.05) is 39.9 Å². The molecule has 2 heterocycles. The molecule has 3 aliphatic carbocycles. The smallest absolute Gasteiger partial charge is 0.267 e. The van der Waals surface area contributed by atoms with Gasteiger partial charge in [0, 0.05) is 23.3 Å². The molecule has 48 heavy (non-hydrogen) atoms. The molecule has 6 heteroatoms. The molecule has 0 bridgehead atoms. The van der Waals surface area contributed by atoms with Crippen LogP contribution in [0.4, 0.5) is 0 Å². The van der Waals surface area contributed by atoms with Crippen molar-refractivity contribution in [1.29, 1.82) is 0 Å². The molecule has 3 atom stereocenters. The summed E-state index contributed by atoms with van der Waals surface area (Å²) in [6.45, 7) is 13.8. The second kappa shape index (κ2) is 18.8. The lowest BCUT2D eigenvalue weighted by Gasteiger charge is -2.28. The molecule has 1 fully saturated rings. The quantitative estimate of drug-likeness (QED) is 0.181. The summed E-state index contributed by atoms with van der Waals surface area (Å²) in [6, 6.07) is 2.03. The van der Waals surface area contributed by atoms with Gasteiger partial charge in [-0.2, -0.15) is 0 Å². The molecule has 0 spiro atoms. The SMILES string of the molecule is C=C(CC1CC/C=c2/cc(C#CC)c(=O)n(CC3=CCCC=C3SN3CCOCC3)/c2=C\CC1)C1=CCC(C(CCC)CCNC)C=C1. The summed E-state index contributed by atoms with van der Waals surface area (Å²) in [5, 5.41) is 5.53. The number of ether oxygens (including phenoxy) is 1. The predicted octanol–water partition coefficient (Wildman–Crippen LogP) is 7.03. The number of nitrogens with one attached hydrogen (secondary N) is 1. The van der Waals surface area contributed by atoms with Crippen molar-refractivity contribution in [2.45, 2.75) is 91.0 Å². The number of aromatic nitrogens is 1. The van der Waals surface area contributed by atoms with Gasteiger partial charge in [-0.1, -0.05) is 74.8 Å². The van der Waals surface area contributed by atoms with Crippen molar-refractivity contribution < 1.29 is 4.74 Å². The van der Waals surface area contributed by atoms with E-state index in [0.717, 1.165) is 101 Å². The summed E-state index contributed by atoms with van der Waals surface area (Å²) in [5.74, 6) is 8.05. The number of hydrogen-bond acceptors (Lipinski definition) is 5. The van der Waals surface area contributed by atoms with Crippen LogP contribution in [0.5, 0.6) is 0 Å². The van der Waals surface area contributed by atoms with Crippen LogP contribution in [0.2, 0.25) is 0 Å². The summed E-state index contributed by atoms with van der Waals surface area (Å²) in [6.07, 6.45) is 28.8. The molecule has 4 aliphatic rings. The molecular weight excluding hydrogens is 611 g/mol. The second-order valence-electron chi connectivity index (χ2n) is 13.8. The summed E-state index contributed by atoms with van der Waals surface area (Å²) in [7, 11) is 2.06. The van der Waals surface area contributed by atoms with Gasteiger partial charge in [0.15, 0.2) is 0 Å². The van der Waals surface area contributed by atoms with Gasteiger partial charge < -0.3 is 14.6 Å². The highest BCUT2D eigenvalue weighted by molar-refractivity contribution is 8.01. The van der Waals surface area contributed by atoms with Crippen LogP contribution in [0.1, 0.15) is 90.0 Å². The fraction of sp³-hybridized carbons (Fsp3) is 0.548. The predicted molar refractivity (Wildman–Crippen MR) is 205 cm³/mol. The zero-order valence-electron chi connectivity index (χ0n) is 29.7. The van der Waals surface area contributed by atoms with E-state index in [1.54, 1.807) is 0 Å². The monoisotopic (exact) mass is 667 g/mol. The van der Waals surface area contributed by atoms with Crippen LogP contribution < -0.4 is 21.4 Å². The van der Waals surface area contributed by atoms with Gasteiger partial charge in [-0.15, -0.1) is 5.92 Å². The van der Waals surface area contributed by atoms with E-state index in [2.05, 4.69) is 84.5 Å². The maximum Gasteiger partial charge on any atom is 0.267 e. The normalized spacial score (nSPS) is 23.6. The Morgan fingerprint density at radius 1 is 1.08 bits per heavy atom. The molecule has 0 amide bonds. The lowest BCUT2D eigenvalue weighted by atomic mass is 9.79. The number of nitrogens with zero attached hydrogens (tertiary/aromatic N) is 2. The van der Waals surface area contributed by atoms with E-state index < -0.39 is 0 Å². The topological polar surface area (TPSA) is 46.5 Å². The minimum Gasteiger partial charge on any atom is -0.379 e. The van der Waals surface area contributed by atoms with E-state index in [1.807, 2.05) is 29.5 Å². The third-order valence-corrected chi connectivity index (χ3v) is 11.6. The zero-order valence-corrected chi connectivity index (χ0v) is 30.5. The van der Waals surface area contributed by atoms with Gasteiger partial charge in [0.25, 0.3) is 5.56 Å². The van der Waals surface area contributed by atoms with Crippen LogP contribution in [-0.2, 0) is 11.3 Å². The van der Waals surface area contributed by atoms with E-state index in [4.69, 9.17) is 4.74 Å². The number of rotatable bonds is 13. The zero-order chi connectivity index (χ0) is 33.7. The third-order valence-electron chi connectivity index (χ3n) is 10.3. The van der Waals surface area contributed by atoms with Crippen molar-refractivity contribution in [1.82, 2.24) is 14.2 Å². The number of hydrogen-bond donors (Lipinski definition) is 1. The van der Waals surface area contributed by atoms with Crippen molar-refractivity contribution in [2.24, 2.45) is 17.8 Å². The van der Waals surface area contributed by atoms with E-state index in [1.165, 1.54) is 40.9 Å².